The number of rotatable bonds is 4. The van der Waals surface area contributed by atoms with Crippen LogP contribution in [0.25, 0.3) is 0 Å². The van der Waals surface area contributed by atoms with E-state index in [0.29, 0.717) is 11.6 Å². The van der Waals surface area contributed by atoms with Crippen molar-refractivity contribution in [2.24, 2.45) is 0 Å². The average Bonchev–Trinajstić information content (AvgIpc) is 3.24. The van der Waals surface area contributed by atoms with Gasteiger partial charge in [-0.05, 0) is 34.9 Å². The molecule has 1 aromatic heterocycles. The number of hydrogen-bond donors (Lipinski definition) is 1. The number of nitrogen functional groups attached to an aromatic ring is 1. The molecule has 0 amide bonds. The molecule has 6 nitrogen and oxygen atoms in total. The number of anilines is 1. The van der Waals surface area contributed by atoms with E-state index in [4.69, 9.17) is 22.1 Å². The predicted molar refractivity (Wildman–Crippen MR) is 117 cm³/mol. The fourth-order valence-corrected chi connectivity index (χ4v) is 4.86. The summed E-state index contributed by atoms with van der Waals surface area (Å²) in [5.41, 5.74) is 7.87. The highest BCUT2D eigenvalue weighted by molar-refractivity contribution is 6.30. The Balaban J connectivity index is 1.42. The normalized spacial score (nSPS) is 24.5. The van der Waals surface area contributed by atoms with Crippen LogP contribution in [0.4, 0.5) is 14.6 Å². The molecule has 0 spiro atoms. The standard InChI is InChI=1S/C23H21ClF2N4O2/c24-16-6-3-5-14(10-16)20-18-7-2-1-4-15(18)12-29(20)13-17-11-23(25,26)21(32-17)30-9-8-19(27)28-22(30)31/h1-10,17,20-21H,11-13H2,(H2,27,28,31). The second-order valence-corrected chi connectivity index (χ2v) is 8.64. The first-order valence-electron chi connectivity index (χ1n) is 10.3. The van der Waals surface area contributed by atoms with Gasteiger partial charge in [0.25, 0.3) is 5.92 Å². The molecular formula is C23H21ClF2N4O2. The van der Waals surface area contributed by atoms with Gasteiger partial charge in [0.2, 0.25) is 6.23 Å². The Hall–Kier alpha value is -2.81. The summed E-state index contributed by atoms with van der Waals surface area (Å²) < 4.78 is 36.2. The minimum atomic E-state index is -3.22. The third-order valence-electron chi connectivity index (χ3n) is 5.98. The zero-order valence-corrected chi connectivity index (χ0v) is 17.8. The summed E-state index contributed by atoms with van der Waals surface area (Å²) in [7, 11) is 0. The van der Waals surface area contributed by atoms with Crippen LogP contribution in [0.15, 0.2) is 65.6 Å². The lowest BCUT2D eigenvalue weighted by atomic mass is 9.98. The van der Waals surface area contributed by atoms with Gasteiger partial charge in [-0.15, -0.1) is 0 Å². The summed E-state index contributed by atoms with van der Waals surface area (Å²) in [6.45, 7) is 0.877. The van der Waals surface area contributed by atoms with Gasteiger partial charge in [-0.2, -0.15) is 4.98 Å². The molecule has 9 heteroatoms. The van der Waals surface area contributed by atoms with Crippen molar-refractivity contribution in [3.8, 4) is 0 Å². The molecular weight excluding hydrogens is 438 g/mol. The molecule has 32 heavy (non-hydrogen) atoms. The Morgan fingerprint density at radius 3 is 2.78 bits per heavy atom. The Labute approximate surface area is 188 Å². The topological polar surface area (TPSA) is 73.4 Å². The molecule has 1 saturated heterocycles. The summed E-state index contributed by atoms with van der Waals surface area (Å²) in [6, 6.07) is 16.8. The zero-order chi connectivity index (χ0) is 22.5. The van der Waals surface area contributed by atoms with Gasteiger partial charge in [-0.3, -0.25) is 9.47 Å². The first-order chi connectivity index (χ1) is 15.3. The number of halogens is 3. The van der Waals surface area contributed by atoms with E-state index in [2.05, 4.69) is 9.88 Å². The van der Waals surface area contributed by atoms with Crippen LogP contribution in [-0.2, 0) is 11.3 Å². The molecule has 2 aromatic carbocycles. The number of aromatic nitrogens is 2. The molecule has 0 aliphatic carbocycles. The smallest absolute Gasteiger partial charge is 0.351 e. The van der Waals surface area contributed by atoms with Crippen molar-refractivity contribution in [3.05, 3.63) is 93.0 Å². The van der Waals surface area contributed by atoms with Crippen molar-refractivity contribution in [3.63, 3.8) is 0 Å². The van der Waals surface area contributed by atoms with Crippen LogP contribution in [-0.4, -0.2) is 33.0 Å². The van der Waals surface area contributed by atoms with Crippen LogP contribution in [0.2, 0.25) is 5.02 Å². The third-order valence-corrected chi connectivity index (χ3v) is 6.21. The third kappa shape index (κ3) is 3.79. The summed E-state index contributed by atoms with van der Waals surface area (Å²) in [4.78, 5) is 17.8. The van der Waals surface area contributed by atoms with Crippen molar-refractivity contribution >= 4 is 17.4 Å². The van der Waals surface area contributed by atoms with Crippen LogP contribution in [0.3, 0.4) is 0 Å². The number of benzene rings is 2. The molecule has 2 aliphatic rings. The Kier molecular flexibility index (Phi) is 5.23. The number of hydrogen-bond acceptors (Lipinski definition) is 5. The van der Waals surface area contributed by atoms with Crippen molar-refractivity contribution in [1.29, 1.82) is 0 Å². The summed E-state index contributed by atoms with van der Waals surface area (Å²) in [5.74, 6) is -3.24. The molecule has 0 radical (unpaired) electrons. The minimum Gasteiger partial charge on any atom is -0.383 e. The maximum absolute atomic E-state index is 14.9. The van der Waals surface area contributed by atoms with Crippen LogP contribution < -0.4 is 11.4 Å². The highest BCUT2D eigenvalue weighted by atomic mass is 35.5. The monoisotopic (exact) mass is 458 g/mol. The van der Waals surface area contributed by atoms with Crippen LogP contribution in [0.1, 0.15) is 35.4 Å². The molecule has 3 unspecified atom stereocenters. The van der Waals surface area contributed by atoms with E-state index in [1.807, 2.05) is 42.5 Å². The fraction of sp³-hybridized carbons (Fsp3) is 0.304. The molecule has 0 bridgehead atoms. The van der Waals surface area contributed by atoms with Gasteiger partial charge >= 0.3 is 5.69 Å². The quantitative estimate of drug-likeness (QED) is 0.639. The number of fused-ring (bicyclic) bond motifs is 1. The van der Waals surface area contributed by atoms with E-state index in [1.165, 1.54) is 12.3 Å². The predicted octanol–water partition coefficient (Wildman–Crippen LogP) is 4.01. The first-order valence-corrected chi connectivity index (χ1v) is 10.6. The van der Waals surface area contributed by atoms with Gasteiger partial charge in [0, 0.05) is 30.7 Å². The maximum Gasteiger partial charge on any atom is 0.351 e. The molecule has 0 saturated carbocycles. The highest BCUT2D eigenvalue weighted by Crippen LogP contribution is 2.45. The van der Waals surface area contributed by atoms with Gasteiger partial charge < -0.3 is 10.5 Å². The van der Waals surface area contributed by atoms with E-state index in [-0.39, 0.29) is 18.4 Å². The molecule has 3 atom stereocenters. The lowest BCUT2D eigenvalue weighted by Gasteiger charge is -2.28. The first kappa shape index (κ1) is 21.1. The van der Waals surface area contributed by atoms with Gasteiger partial charge in [-0.1, -0.05) is 48.0 Å². The van der Waals surface area contributed by atoms with E-state index >= 15 is 0 Å². The molecule has 5 rings (SSSR count). The number of alkyl halides is 2. The van der Waals surface area contributed by atoms with Gasteiger partial charge in [0.1, 0.15) is 5.82 Å². The SMILES string of the molecule is Nc1ccn(C2OC(CN3Cc4ccccc4C3c3cccc(Cl)c3)CC2(F)F)c(=O)n1. The van der Waals surface area contributed by atoms with E-state index in [9.17, 15) is 13.6 Å². The van der Waals surface area contributed by atoms with Gasteiger partial charge in [0.05, 0.1) is 12.1 Å². The van der Waals surface area contributed by atoms with Gasteiger partial charge in [0.15, 0.2) is 0 Å². The van der Waals surface area contributed by atoms with Gasteiger partial charge in [-0.25, -0.2) is 13.6 Å². The Morgan fingerprint density at radius 1 is 1.19 bits per heavy atom. The highest BCUT2D eigenvalue weighted by Gasteiger charge is 2.52. The van der Waals surface area contributed by atoms with E-state index < -0.39 is 30.4 Å². The molecule has 2 aliphatic heterocycles. The summed E-state index contributed by atoms with van der Waals surface area (Å²) in [5, 5.41) is 0.616. The second-order valence-electron chi connectivity index (χ2n) is 8.20. The van der Waals surface area contributed by atoms with Crippen molar-refractivity contribution < 1.29 is 13.5 Å². The number of ether oxygens (including phenoxy) is 1. The second kappa shape index (κ2) is 7.95. The minimum absolute atomic E-state index is 0.0247. The lowest BCUT2D eigenvalue weighted by molar-refractivity contribution is -0.119. The summed E-state index contributed by atoms with van der Waals surface area (Å²) >= 11 is 6.23. The Bertz CT molecular complexity index is 1220. The Morgan fingerprint density at radius 2 is 2.00 bits per heavy atom. The number of nitrogens with zero attached hydrogens (tertiary/aromatic N) is 3. The van der Waals surface area contributed by atoms with E-state index in [1.54, 1.807) is 6.07 Å². The fourth-order valence-electron chi connectivity index (χ4n) is 4.67. The van der Waals surface area contributed by atoms with Crippen molar-refractivity contribution in [2.45, 2.75) is 37.3 Å². The van der Waals surface area contributed by atoms with Crippen molar-refractivity contribution in [2.75, 3.05) is 12.3 Å². The largest absolute Gasteiger partial charge is 0.383 e. The molecule has 1 fully saturated rings. The van der Waals surface area contributed by atoms with Crippen LogP contribution in [0, 0.1) is 0 Å². The molecule has 166 valence electrons. The maximum atomic E-state index is 14.9. The summed E-state index contributed by atoms with van der Waals surface area (Å²) in [6.07, 6.45) is -1.78. The molecule has 3 heterocycles. The van der Waals surface area contributed by atoms with E-state index in [0.717, 1.165) is 21.3 Å². The molecule has 2 N–H and O–H groups in total. The zero-order valence-electron chi connectivity index (χ0n) is 17.0. The molecule has 3 aromatic rings. The van der Waals surface area contributed by atoms with Crippen molar-refractivity contribution in [1.82, 2.24) is 14.5 Å². The average molecular weight is 459 g/mol. The number of nitrogens with two attached hydrogens (primary N) is 1. The van der Waals surface area contributed by atoms with Crippen LogP contribution in [0.5, 0.6) is 0 Å². The lowest BCUT2D eigenvalue weighted by Crippen LogP contribution is -2.35. The van der Waals surface area contributed by atoms with Crippen LogP contribution >= 0.6 is 11.6 Å².